The predicted octanol–water partition coefficient (Wildman–Crippen LogP) is 9.47. The average molecular weight is 436 g/mol. The fraction of sp³-hybridized carbons (Fsp3) is 0.269. The van der Waals surface area contributed by atoms with Gasteiger partial charge in [0.25, 0.3) is 0 Å². The number of hydrogen-bond acceptors (Lipinski definition) is 5. The van der Waals surface area contributed by atoms with E-state index in [2.05, 4.69) is 35.4 Å². The number of aromatic hydroxyl groups is 1. The minimum atomic E-state index is 0.118. The standard InChI is InChI=1S/C20H15N3OS.3C2H6/c1-13-5-4-8-18-19(13)21-20(25-18)14-9-11-15(12-10-14)22-23-16-6-2-3-7-17(16)24;3*1-2/h2-12,24H,1H3;3*1-2H3. The molecular weight excluding hydrogens is 402 g/mol. The molecule has 0 aliphatic heterocycles. The van der Waals surface area contributed by atoms with E-state index >= 15 is 0 Å². The molecule has 4 aromatic rings. The molecule has 0 bridgehead atoms. The molecule has 0 atom stereocenters. The Morgan fingerprint density at radius 1 is 0.742 bits per heavy atom. The van der Waals surface area contributed by atoms with E-state index in [4.69, 9.17) is 4.98 Å². The molecule has 4 rings (SSSR count). The molecule has 1 aromatic heterocycles. The molecule has 4 nitrogen and oxygen atoms in total. The average Bonchev–Trinajstić information content (AvgIpc) is 3.29. The van der Waals surface area contributed by atoms with Crippen LogP contribution in [0.4, 0.5) is 11.4 Å². The van der Waals surface area contributed by atoms with Gasteiger partial charge in [-0.1, -0.05) is 65.8 Å². The molecule has 1 N–H and O–H groups in total. The van der Waals surface area contributed by atoms with E-state index < -0.39 is 0 Å². The van der Waals surface area contributed by atoms with Gasteiger partial charge in [-0.3, -0.25) is 0 Å². The Morgan fingerprint density at radius 3 is 2.00 bits per heavy atom. The van der Waals surface area contributed by atoms with Crippen LogP contribution < -0.4 is 0 Å². The first kappa shape index (κ1) is 26.0. The normalized spacial score (nSPS) is 9.77. The van der Waals surface area contributed by atoms with Gasteiger partial charge in [0.15, 0.2) is 0 Å². The van der Waals surface area contributed by atoms with Gasteiger partial charge in [0, 0.05) is 5.56 Å². The topological polar surface area (TPSA) is 57.8 Å². The van der Waals surface area contributed by atoms with Crippen LogP contribution in [0.25, 0.3) is 20.8 Å². The van der Waals surface area contributed by atoms with Crippen molar-refractivity contribution in [2.45, 2.75) is 48.5 Å². The van der Waals surface area contributed by atoms with Crippen LogP contribution in [0.2, 0.25) is 0 Å². The van der Waals surface area contributed by atoms with Gasteiger partial charge in [-0.25, -0.2) is 4.98 Å². The van der Waals surface area contributed by atoms with Gasteiger partial charge < -0.3 is 5.11 Å². The van der Waals surface area contributed by atoms with Gasteiger partial charge in [0.05, 0.1) is 15.9 Å². The number of phenolic OH excluding ortho intramolecular Hbond substituents is 1. The van der Waals surface area contributed by atoms with Crippen LogP contribution in [0.1, 0.15) is 47.1 Å². The highest BCUT2D eigenvalue weighted by Gasteiger charge is 2.07. The molecule has 0 saturated carbocycles. The zero-order chi connectivity index (χ0) is 23.2. The molecule has 0 spiro atoms. The largest absolute Gasteiger partial charge is 0.506 e. The number of rotatable bonds is 3. The number of hydrogen-bond donors (Lipinski definition) is 1. The van der Waals surface area contributed by atoms with E-state index in [-0.39, 0.29) is 5.75 Å². The van der Waals surface area contributed by atoms with Crippen LogP contribution in [0.3, 0.4) is 0 Å². The summed E-state index contributed by atoms with van der Waals surface area (Å²) < 4.78 is 1.19. The zero-order valence-corrected chi connectivity index (χ0v) is 20.4. The van der Waals surface area contributed by atoms with Crippen molar-refractivity contribution in [1.29, 1.82) is 0 Å². The summed E-state index contributed by atoms with van der Waals surface area (Å²) in [5.41, 5.74) is 4.48. The maximum absolute atomic E-state index is 9.71. The lowest BCUT2D eigenvalue weighted by atomic mass is 10.2. The van der Waals surface area contributed by atoms with Crippen LogP contribution in [0.15, 0.2) is 77.0 Å². The quantitative estimate of drug-likeness (QED) is 0.326. The molecule has 1 heterocycles. The summed E-state index contributed by atoms with van der Waals surface area (Å²) in [5, 5.41) is 19.0. The molecule has 0 aliphatic rings. The van der Waals surface area contributed by atoms with Crippen molar-refractivity contribution in [3.8, 4) is 16.3 Å². The number of para-hydroxylation sites is 2. The van der Waals surface area contributed by atoms with E-state index in [0.717, 1.165) is 21.8 Å². The van der Waals surface area contributed by atoms with Crippen LogP contribution in [-0.4, -0.2) is 10.1 Å². The van der Waals surface area contributed by atoms with Crippen LogP contribution in [0, 0.1) is 6.92 Å². The summed E-state index contributed by atoms with van der Waals surface area (Å²) >= 11 is 1.68. The van der Waals surface area contributed by atoms with Gasteiger partial charge in [-0.2, -0.15) is 5.11 Å². The van der Waals surface area contributed by atoms with Crippen molar-refractivity contribution in [3.05, 3.63) is 72.3 Å². The third kappa shape index (κ3) is 7.00. The fourth-order valence-electron chi connectivity index (χ4n) is 2.54. The van der Waals surface area contributed by atoms with E-state index in [1.165, 1.54) is 10.3 Å². The summed E-state index contributed by atoms with van der Waals surface area (Å²) in [6.45, 7) is 14.1. The molecule has 0 aliphatic carbocycles. The van der Waals surface area contributed by atoms with E-state index in [1.807, 2.05) is 71.9 Å². The van der Waals surface area contributed by atoms with Gasteiger partial charge in [0.1, 0.15) is 16.4 Å². The SMILES string of the molecule is CC.CC.CC.Cc1cccc2sc(-c3ccc(N=Nc4ccccc4O)cc3)nc12. The number of azo groups is 1. The van der Waals surface area contributed by atoms with Gasteiger partial charge in [-0.15, -0.1) is 16.5 Å². The number of aromatic nitrogens is 1. The first-order valence-electron chi connectivity index (χ1n) is 10.9. The van der Waals surface area contributed by atoms with Crippen molar-refractivity contribution in [1.82, 2.24) is 4.98 Å². The molecular formula is C26H33N3OS. The second-order valence-corrected chi connectivity index (χ2v) is 6.71. The number of aryl methyl sites for hydroxylation is 1. The minimum absolute atomic E-state index is 0.118. The summed E-state index contributed by atoms with van der Waals surface area (Å²) in [7, 11) is 0. The fourth-order valence-corrected chi connectivity index (χ4v) is 3.59. The molecule has 5 heteroatoms. The van der Waals surface area contributed by atoms with Crippen LogP contribution in [0.5, 0.6) is 5.75 Å². The Kier molecular flexibility index (Phi) is 11.8. The first-order chi connectivity index (χ1) is 15.2. The van der Waals surface area contributed by atoms with E-state index in [1.54, 1.807) is 29.5 Å². The molecule has 3 aromatic carbocycles. The zero-order valence-electron chi connectivity index (χ0n) is 19.5. The van der Waals surface area contributed by atoms with Crippen molar-refractivity contribution in [2.24, 2.45) is 10.2 Å². The minimum Gasteiger partial charge on any atom is -0.506 e. The smallest absolute Gasteiger partial charge is 0.143 e. The van der Waals surface area contributed by atoms with Crippen LogP contribution >= 0.6 is 11.3 Å². The number of nitrogens with zero attached hydrogens (tertiary/aromatic N) is 3. The first-order valence-corrected chi connectivity index (χ1v) is 11.7. The monoisotopic (exact) mass is 435 g/mol. The Morgan fingerprint density at radius 2 is 1.39 bits per heavy atom. The Bertz CT molecular complexity index is 1070. The second kappa shape index (κ2) is 14.0. The number of phenols is 1. The highest BCUT2D eigenvalue weighted by atomic mass is 32.1. The highest BCUT2D eigenvalue weighted by molar-refractivity contribution is 7.21. The maximum Gasteiger partial charge on any atom is 0.143 e. The summed E-state index contributed by atoms with van der Waals surface area (Å²) in [5.74, 6) is 0.118. The molecule has 164 valence electrons. The van der Waals surface area contributed by atoms with Gasteiger partial charge >= 0.3 is 0 Å². The Hall–Kier alpha value is -3.05. The Labute approximate surface area is 190 Å². The van der Waals surface area contributed by atoms with E-state index in [0.29, 0.717) is 5.69 Å². The number of fused-ring (bicyclic) bond motifs is 1. The lowest BCUT2D eigenvalue weighted by molar-refractivity contribution is 0.476. The molecule has 31 heavy (non-hydrogen) atoms. The highest BCUT2D eigenvalue weighted by Crippen LogP contribution is 2.33. The van der Waals surface area contributed by atoms with Crippen molar-refractivity contribution < 1.29 is 5.11 Å². The van der Waals surface area contributed by atoms with Gasteiger partial charge in [0.2, 0.25) is 0 Å². The Balaban J connectivity index is 0.000000739. The van der Waals surface area contributed by atoms with E-state index in [9.17, 15) is 5.11 Å². The third-order valence-electron chi connectivity index (χ3n) is 3.89. The predicted molar refractivity (Wildman–Crippen MR) is 136 cm³/mol. The summed E-state index contributed by atoms with van der Waals surface area (Å²) in [6.07, 6.45) is 0. The number of thiazole rings is 1. The summed E-state index contributed by atoms with van der Waals surface area (Å²) in [6, 6.07) is 20.9. The second-order valence-electron chi connectivity index (χ2n) is 5.68. The lowest BCUT2D eigenvalue weighted by Crippen LogP contribution is -1.77. The molecule has 0 amide bonds. The van der Waals surface area contributed by atoms with Gasteiger partial charge in [-0.05, 0) is 55.0 Å². The van der Waals surface area contributed by atoms with Crippen molar-refractivity contribution >= 4 is 32.9 Å². The maximum atomic E-state index is 9.71. The molecule has 0 unspecified atom stereocenters. The van der Waals surface area contributed by atoms with Crippen molar-refractivity contribution in [3.63, 3.8) is 0 Å². The molecule has 0 fully saturated rings. The molecule has 0 saturated heterocycles. The van der Waals surface area contributed by atoms with Crippen LogP contribution in [-0.2, 0) is 0 Å². The molecule has 0 radical (unpaired) electrons. The lowest BCUT2D eigenvalue weighted by Gasteiger charge is -1.98. The number of benzene rings is 3. The van der Waals surface area contributed by atoms with Crippen molar-refractivity contribution in [2.75, 3.05) is 0 Å². The third-order valence-corrected chi connectivity index (χ3v) is 4.96. The summed E-state index contributed by atoms with van der Waals surface area (Å²) in [4.78, 5) is 4.75.